The zero-order valence-electron chi connectivity index (χ0n) is 22.1. The summed E-state index contributed by atoms with van der Waals surface area (Å²) in [5.74, 6) is 0.458. The first-order valence-corrected chi connectivity index (χ1v) is 14.2. The Morgan fingerprint density at radius 1 is 0.738 bits per heavy atom. The Kier molecular flexibility index (Phi) is 5.39. The number of benzene rings is 4. The molecule has 7 nitrogen and oxygen atoms in total. The van der Waals surface area contributed by atoms with E-state index < -0.39 is 0 Å². The maximum absolute atomic E-state index is 10.8. The van der Waals surface area contributed by atoms with Crippen LogP contribution in [0.4, 0.5) is 5.82 Å². The van der Waals surface area contributed by atoms with E-state index in [0.29, 0.717) is 38.9 Å². The summed E-state index contributed by atoms with van der Waals surface area (Å²) in [5, 5.41) is 16.6. The average Bonchev–Trinajstić information content (AvgIpc) is 3.77. The van der Waals surface area contributed by atoms with Gasteiger partial charge in [0, 0.05) is 17.3 Å². The van der Waals surface area contributed by atoms with Crippen LogP contribution in [0.1, 0.15) is 5.56 Å². The number of nitrogen functional groups attached to an aromatic ring is 1. The molecule has 8 rings (SSSR count). The van der Waals surface area contributed by atoms with Crippen molar-refractivity contribution < 1.29 is 0 Å². The van der Waals surface area contributed by atoms with Gasteiger partial charge in [-0.3, -0.25) is 4.40 Å². The molecule has 198 valence electrons. The fourth-order valence-corrected chi connectivity index (χ4v) is 6.58. The van der Waals surface area contributed by atoms with Gasteiger partial charge in [0.25, 0.3) is 0 Å². The molecule has 0 aliphatic carbocycles. The summed E-state index contributed by atoms with van der Waals surface area (Å²) < 4.78 is 4.75. The van der Waals surface area contributed by atoms with Gasteiger partial charge in [0.15, 0.2) is 5.65 Å². The zero-order chi connectivity index (χ0) is 28.2. The molecular formula is C34H21N7S. The van der Waals surface area contributed by atoms with Gasteiger partial charge in [0.05, 0.1) is 32.5 Å². The molecule has 42 heavy (non-hydrogen) atoms. The lowest BCUT2D eigenvalue weighted by molar-refractivity contribution is 0.884. The number of nitriles is 1. The third kappa shape index (κ3) is 3.61. The number of imidazole rings is 1. The zero-order valence-corrected chi connectivity index (χ0v) is 23.0. The molecule has 0 fully saturated rings. The summed E-state index contributed by atoms with van der Waals surface area (Å²) in [6, 6.07) is 38.3. The quantitative estimate of drug-likeness (QED) is 0.238. The van der Waals surface area contributed by atoms with E-state index in [1.165, 1.54) is 0 Å². The Labute approximate surface area is 244 Å². The second-order valence-electron chi connectivity index (χ2n) is 9.91. The van der Waals surface area contributed by atoms with E-state index >= 15 is 0 Å². The fourth-order valence-electron chi connectivity index (χ4n) is 5.55. The maximum Gasteiger partial charge on any atom is 0.158 e. The Balaban J connectivity index is 1.55. The first-order valence-electron chi connectivity index (χ1n) is 13.4. The van der Waals surface area contributed by atoms with Crippen molar-refractivity contribution in [3.05, 3.63) is 121 Å². The molecule has 0 atom stereocenters. The molecular weight excluding hydrogens is 538 g/mol. The van der Waals surface area contributed by atoms with Crippen LogP contribution in [0.2, 0.25) is 0 Å². The molecule has 0 radical (unpaired) electrons. The van der Waals surface area contributed by atoms with Crippen molar-refractivity contribution in [3.8, 4) is 44.7 Å². The number of nitrogens with two attached hydrogens (primary N) is 1. The Morgan fingerprint density at radius 2 is 1.43 bits per heavy atom. The summed E-state index contributed by atoms with van der Waals surface area (Å²) >= 11 is 1.55. The molecule has 0 saturated heterocycles. The lowest BCUT2D eigenvalue weighted by Gasteiger charge is -2.15. The number of fused-ring (bicyclic) bond motifs is 4. The minimum absolute atomic E-state index is 0.394. The molecule has 0 amide bonds. The molecule has 0 bridgehead atoms. The molecule has 4 aromatic carbocycles. The molecule has 0 spiro atoms. The smallest absolute Gasteiger partial charge is 0.158 e. The van der Waals surface area contributed by atoms with E-state index in [2.05, 4.69) is 6.07 Å². The van der Waals surface area contributed by atoms with Gasteiger partial charge < -0.3 is 5.73 Å². The highest BCUT2D eigenvalue weighted by atomic mass is 32.1. The second kappa shape index (κ2) is 9.41. The van der Waals surface area contributed by atoms with E-state index in [-0.39, 0.29) is 0 Å². The highest BCUT2D eigenvalue weighted by molar-refractivity contribution is 7.21. The van der Waals surface area contributed by atoms with Crippen LogP contribution in [0, 0.1) is 11.3 Å². The Hall–Kier alpha value is -5.78. The third-order valence-electron chi connectivity index (χ3n) is 7.46. The molecule has 0 aliphatic heterocycles. The van der Waals surface area contributed by atoms with E-state index in [1.807, 2.05) is 124 Å². The van der Waals surface area contributed by atoms with Crippen molar-refractivity contribution in [1.29, 1.82) is 5.26 Å². The average molecular weight is 560 g/mol. The number of aromatic nitrogens is 5. The predicted molar refractivity (Wildman–Crippen MR) is 168 cm³/mol. The van der Waals surface area contributed by atoms with E-state index in [1.54, 1.807) is 11.3 Å². The van der Waals surface area contributed by atoms with E-state index in [0.717, 1.165) is 38.1 Å². The van der Waals surface area contributed by atoms with Gasteiger partial charge in [-0.25, -0.2) is 14.6 Å². The van der Waals surface area contributed by atoms with Crippen LogP contribution in [0.25, 0.3) is 65.5 Å². The number of hydrogen-bond acceptors (Lipinski definition) is 6. The number of nitrogens with zero attached hydrogens (tertiary/aromatic N) is 6. The topological polar surface area (TPSA) is 97.8 Å². The number of pyridine rings is 1. The highest BCUT2D eigenvalue weighted by Gasteiger charge is 2.29. The molecule has 4 heterocycles. The molecule has 2 N–H and O–H groups in total. The first kappa shape index (κ1) is 24.1. The van der Waals surface area contributed by atoms with Crippen molar-refractivity contribution in [1.82, 2.24) is 24.1 Å². The maximum atomic E-state index is 10.8. The summed E-state index contributed by atoms with van der Waals surface area (Å²) in [7, 11) is 0. The van der Waals surface area contributed by atoms with Gasteiger partial charge in [0.2, 0.25) is 0 Å². The highest BCUT2D eigenvalue weighted by Crippen LogP contribution is 2.46. The van der Waals surface area contributed by atoms with Crippen LogP contribution in [0.15, 0.2) is 115 Å². The normalized spacial score (nSPS) is 11.4. The van der Waals surface area contributed by atoms with Crippen molar-refractivity contribution in [2.24, 2.45) is 0 Å². The number of para-hydroxylation sites is 4. The SMILES string of the molecule is N#Cc1c(-c2nn(-c3ccccc3)cc2-c2ccccc2)c(-c2nc3ccccc3s2)c(N)n2c1nc1ccccc12. The summed E-state index contributed by atoms with van der Waals surface area (Å²) in [5.41, 5.74) is 15.1. The van der Waals surface area contributed by atoms with Crippen LogP contribution in [-0.4, -0.2) is 24.1 Å². The standard InChI is InChI=1S/C34H21N7S/c35-19-23-29(31-24(21-11-3-1-4-12-21)20-40(39-31)22-13-5-2-6-14-22)30(34-38-26-16-8-10-18-28(26)42-34)32(36)41-27-17-9-7-15-25(27)37-33(23)41/h1-18,20H,36H2. The van der Waals surface area contributed by atoms with E-state index in [4.69, 9.17) is 20.8 Å². The van der Waals surface area contributed by atoms with Gasteiger partial charge in [-0.15, -0.1) is 11.3 Å². The number of hydrogen-bond donors (Lipinski definition) is 1. The Morgan fingerprint density at radius 3 is 2.19 bits per heavy atom. The molecule has 0 saturated carbocycles. The number of anilines is 1. The monoisotopic (exact) mass is 559 g/mol. The minimum Gasteiger partial charge on any atom is -0.384 e. The molecule has 0 unspecified atom stereocenters. The van der Waals surface area contributed by atoms with Gasteiger partial charge in [-0.1, -0.05) is 72.8 Å². The summed E-state index contributed by atoms with van der Waals surface area (Å²) in [6.45, 7) is 0. The molecule has 8 heteroatoms. The lowest BCUT2D eigenvalue weighted by atomic mass is 9.95. The fraction of sp³-hybridized carbons (Fsp3) is 0. The predicted octanol–water partition coefficient (Wildman–Crippen LogP) is 7.74. The van der Waals surface area contributed by atoms with Crippen molar-refractivity contribution in [3.63, 3.8) is 0 Å². The van der Waals surface area contributed by atoms with Crippen LogP contribution >= 0.6 is 11.3 Å². The minimum atomic E-state index is 0.394. The summed E-state index contributed by atoms with van der Waals surface area (Å²) in [6.07, 6.45) is 2.01. The van der Waals surface area contributed by atoms with Gasteiger partial charge in [-0.05, 0) is 42.0 Å². The summed E-state index contributed by atoms with van der Waals surface area (Å²) in [4.78, 5) is 9.89. The molecule has 0 aliphatic rings. The van der Waals surface area contributed by atoms with Gasteiger partial charge in [-0.2, -0.15) is 10.4 Å². The number of rotatable bonds is 4. The van der Waals surface area contributed by atoms with Crippen LogP contribution in [-0.2, 0) is 0 Å². The first-order chi connectivity index (χ1) is 20.7. The molecule has 8 aromatic rings. The van der Waals surface area contributed by atoms with Crippen LogP contribution < -0.4 is 5.73 Å². The number of thiazole rings is 1. The van der Waals surface area contributed by atoms with Gasteiger partial charge >= 0.3 is 0 Å². The lowest BCUT2D eigenvalue weighted by Crippen LogP contribution is -2.06. The largest absolute Gasteiger partial charge is 0.384 e. The van der Waals surface area contributed by atoms with Crippen molar-refractivity contribution in [2.45, 2.75) is 0 Å². The molecule has 4 aromatic heterocycles. The van der Waals surface area contributed by atoms with Crippen LogP contribution in [0.5, 0.6) is 0 Å². The second-order valence-corrected chi connectivity index (χ2v) is 10.9. The Bertz CT molecular complexity index is 2290. The van der Waals surface area contributed by atoms with Crippen molar-refractivity contribution in [2.75, 3.05) is 5.73 Å². The van der Waals surface area contributed by atoms with Gasteiger partial charge in [0.1, 0.15) is 28.2 Å². The van der Waals surface area contributed by atoms with Crippen LogP contribution in [0.3, 0.4) is 0 Å². The van der Waals surface area contributed by atoms with Crippen molar-refractivity contribution >= 4 is 44.1 Å². The van der Waals surface area contributed by atoms with E-state index in [9.17, 15) is 5.26 Å². The third-order valence-corrected chi connectivity index (χ3v) is 8.51.